The number of rotatable bonds is 3. The molecule has 27 heavy (non-hydrogen) atoms. The van der Waals surface area contributed by atoms with Crippen LogP contribution < -0.4 is 0 Å². The highest BCUT2D eigenvalue weighted by molar-refractivity contribution is 7.19. The zero-order valence-corrected chi connectivity index (χ0v) is 15.9. The second kappa shape index (κ2) is 6.45. The molecule has 0 radical (unpaired) electrons. The van der Waals surface area contributed by atoms with Crippen LogP contribution in [0.4, 0.5) is 0 Å². The topological polar surface area (TPSA) is 71.8 Å². The van der Waals surface area contributed by atoms with E-state index in [1.54, 1.807) is 4.52 Å². The van der Waals surface area contributed by atoms with Crippen LogP contribution in [0.1, 0.15) is 0 Å². The van der Waals surface area contributed by atoms with Crippen LogP contribution in [0.15, 0.2) is 54.6 Å². The number of aromatic nitrogens is 6. The highest BCUT2D eigenvalue weighted by atomic mass is 35.5. The van der Waals surface area contributed by atoms with Crippen LogP contribution in [0.25, 0.3) is 38.3 Å². The Labute approximate surface area is 167 Å². The third-order valence-corrected chi connectivity index (χ3v) is 5.57. The quantitative estimate of drug-likeness (QED) is 0.440. The first-order valence-electron chi connectivity index (χ1n) is 7.98. The number of nitrogens with zero attached hydrogens (tertiary/aromatic N) is 5. The fraction of sp³-hybridized carbons (Fsp3) is 0. The van der Waals surface area contributed by atoms with E-state index in [0.29, 0.717) is 20.8 Å². The molecule has 0 aliphatic heterocycles. The molecule has 0 saturated carbocycles. The van der Waals surface area contributed by atoms with Crippen molar-refractivity contribution in [2.75, 3.05) is 0 Å². The van der Waals surface area contributed by atoms with Crippen molar-refractivity contribution in [3.63, 3.8) is 0 Å². The lowest BCUT2D eigenvalue weighted by Gasteiger charge is -1.97. The van der Waals surface area contributed by atoms with Crippen LogP contribution in [0.2, 0.25) is 10.0 Å². The average Bonchev–Trinajstić information content (AvgIpc) is 3.38. The first-order chi connectivity index (χ1) is 13.2. The predicted octanol–water partition coefficient (Wildman–Crippen LogP) is 5.22. The summed E-state index contributed by atoms with van der Waals surface area (Å²) in [5, 5.41) is 22.6. The molecule has 0 unspecified atom stereocenters. The molecule has 9 heteroatoms. The summed E-state index contributed by atoms with van der Waals surface area (Å²) in [6, 6.07) is 17.0. The fourth-order valence-corrected chi connectivity index (χ4v) is 4.02. The monoisotopic (exact) mass is 412 g/mol. The van der Waals surface area contributed by atoms with Crippen LogP contribution >= 0.6 is 34.5 Å². The molecule has 0 saturated heterocycles. The van der Waals surface area contributed by atoms with Crippen molar-refractivity contribution in [3.05, 3.63) is 64.6 Å². The first kappa shape index (κ1) is 16.4. The van der Waals surface area contributed by atoms with Gasteiger partial charge in [0.25, 0.3) is 0 Å². The van der Waals surface area contributed by atoms with E-state index < -0.39 is 0 Å². The number of halogens is 2. The van der Waals surface area contributed by atoms with Crippen molar-refractivity contribution in [1.82, 2.24) is 30.0 Å². The summed E-state index contributed by atoms with van der Waals surface area (Å²) in [7, 11) is 0. The Morgan fingerprint density at radius 1 is 0.963 bits per heavy atom. The Balaban J connectivity index is 1.56. The normalized spacial score (nSPS) is 11.3. The van der Waals surface area contributed by atoms with Gasteiger partial charge in [-0.05, 0) is 24.3 Å². The molecule has 5 aromatic rings. The third-order valence-electron chi connectivity index (χ3n) is 4.05. The van der Waals surface area contributed by atoms with E-state index in [-0.39, 0.29) is 0 Å². The van der Waals surface area contributed by atoms with Gasteiger partial charge in [0.2, 0.25) is 10.8 Å². The molecule has 6 nitrogen and oxygen atoms in total. The molecule has 0 spiro atoms. The summed E-state index contributed by atoms with van der Waals surface area (Å²) in [6.07, 6.45) is 0. The lowest BCUT2D eigenvalue weighted by molar-refractivity contribution is 0.955. The van der Waals surface area contributed by atoms with Crippen molar-refractivity contribution in [2.24, 2.45) is 0 Å². The Morgan fingerprint density at radius 2 is 1.78 bits per heavy atom. The highest BCUT2D eigenvalue weighted by Crippen LogP contribution is 2.32. The third kappa shape index (κ3) is 2.90. The summed E-state index contributed by atoms with van der Waals surface area (Å²) < 4.78 is 1.70. The highest BCUT2D eigenvalue weighted by Gasteiger charge is 2.17. The van der Waals surface area contributed by atoms with E-state index in [2.05, 4.69) is 25.5 Å². The smallest absolute Gasteiger partial charge is 0.235 e. The fourth-order valence-electron chi connectivity index (χ4n) is 2.73. The van der Waals surface area contributed by atoms with Gasteiger partial charge >= 0.3 is 0 Å². The van der Waals surface area contributed by atoms with Crippen molar-refractivity contribution < 1.29 is 0 Å². The molecule has 0 atom stereocenters. The Hall–Kier alpha value is -2.74. The van der Waals surface area contributed by atoms with Gasteiger partial charge in [-0.25, -0.2) is 0 Å². The van der Waals surface area contributed by atoms with Gasteiger partial charge < -0.3 is 0 Å². The van der Waals surface area contributed by atoms with Crippen LogP contribution in [-0.4, -0.2) is 30.0 Å². The summed E-state index contributed by atoms with van der Waals surface area (Å²) in [5.41, 5.74) is 3.34. The molecule has 3 aromatic heterocycles. The van der Waals surface area contributed by atoms with Crippen molar-refractivity contribution >= 4 is 39.5 Å². The zero-order chi connectivity index (χ0) is 18.4. The Kier molecular flexibility index (Phi) is 3.93. The average molecular weight is 413 g/mol. The number of fused-ring (bicyclic) bond motifs is 1. The second-order valence-corrected chi connectivity index (χ2v) is 7.58. The second-order valence-electron chi connectivity index (χ2n) is 5.78. The molecule has 0 aliphatic rings. The molecule has 0 fully saturated rings. The number of hydrogen-bond acceptors (Lipinski definition) is 5. The minimum absolute atomic E-state index is 0.590. The van der Waals surface area contributed by atoms with E-state index in [4.69, 9.17) is 23.2 Å². The summed E-state index contributed by atoms with van der Waals surface area (Å²) in [5.74, 6) is 0.590. The molecule has 2 aromatic carbocycles. The van der Waals surface area contributed by atoms with Crippen LogP contribution in [0, 0.1) is 0 Å². The molecule has 3 heterocycles. The summed E-state index contributed by atoms with van der Waals surface area (Å²) >= 11 is 13.7. The van der Waals surface area contributed by atoms with E-state index in [1.807, 2.05) is 54.6 Å². The largest absolute Gasteiger partial charge is 0.274 e. The maximum atomic E-state index is 6.29. The number of H-pyrrole nitrogens is 1. The maximum absolute atomic E-state index is 6.29. The molecule has 132 valence electrons. The molecular formula is C18H10Cl2N6S. The van der Waals surface area contributed by atoms with Crippen LogP contribution in [-0.2, 0) is 0 Å². The molecular weight excluding hydrogens is 403 g/mol. The first-order valence-corrected chi connectivity index (χ1v) is 9.55. The van der Waals surface area contributed by atoms with Crippen molar-refractivity contribution in [3.8, 4) is 33.3 Å². The maximum Gasteiger partial charge on any atom is 0.235 e. The van der Waals surface area contributed by atoms with E-state index in [9.17, 15) is 0 Å². The molecule has 0 bridgehead atoms. The lowest BCUT2D eigenvalue weighted by Crippen LogP contribution is -1.91. The van der Waals surface area contributed by atoms with Gasteiger partial charge in [-0.1, -0.05) is 64.9 Å². The SMILES string of the molecule is Clc1ccc(-c2cc(-c3nnc4sc(-c5ccccc5Cl)nn34)[nH]n2)cc1. The van der Waals surface area contributed by atoms with E-state index >= 15 is 0 Å². The number of benzene rings is 2. The van der Waals surface area contributed by atoms with Crippen LogP contribution in [0.3, 0.4) is 0 Å². The minimum atomic E-state index is 0.590. The van der Waals surface area contributed by atoms with Gasteiger partial charge in [0.1, 0.15) is 10.7 Å². The van der Waals surface area contributed by atoms with Crippen molar-refractivity contribution in [1.29, 1.82) is 0 Å². The number of aromatic amines is 1. The van der Waals surface area contributed by atoms with E-state index in [0.717, 1.165) is 27.5 Å². The van der Waals surface area contributed by atoms with Gasteiger partial charge in [-0.3, -0.25) is 5.10 Å². The van der Waals surface area contributed by atoms with Crippen molar-refractivity contribution in [2.45, 2.75) is 0 Å². The summed E-state index contributed by atoms with van der Waals surface area (Å²) in [6.45, 7) is 0. The molecule has 0 amide bonds. The Morgan fingerprint density at radius 3 is 2.59 bits per heavy atom. The van der Waals surface area contributed by atoms with Gasteiger partial charge in [0, 0.05) is 16.1 Å². The minimum Gasteiger partial charge on any atom is -0.274 e. The van der Waals surface area contributed by atoms with Gasteiger partial charge in [0.05, 0.1) is 10.7 Å². The number of nitrogens with one attached hydrogen (secondary N) is 1. The zero-order valence-electron chi connectivity index (χ0n) is 13.6. The molecule has 1 N–H and O–H groups in total. The standard InChI is InChI=1S/C18H10Cl2N6S/c19-11-7-5-10(6-8-11)14-9-15(22-21-14)16-23-24-18-26(16)25-17(27-18)12-3-1-2-4-13(12)20/h1-9H,(H,21,22). The predicted molar refractivity (Wildman–Crippen MR) is 107 cm³/mol. The summed E-state index contributed by atoms with van der Waals surface area (Å²) in [4.78, 5) is 0.683. The molecule has 0 aliphatic carbocycles. The van der Waals surface area contributed by atoms with Gasteiger partial charge in [0.15, 0.2) is 0 Å². The van der Waals surface area contributed by atoms with Gasteiger partial charge in [-0.2, -0.15) is 14.7 Å². The van der Waals surface area contributed by atoms with Gasteiger partial charge in [-0.15, -0.1) is 10.2 Å². The Bertz CT molecular complexity index is 1250. The van der Waals surface area contributed by atoms with E-state index in [1.165, 1.54) is 11.3 Å². The van der Waals surface area contributed by atoms with Crippen LogP contribution in [0.5, 0.6) is 0 Å². The lowest BCUT2D eigenvalue weighted by atomic mass is 10.1. The number of hydrogen-bond donors (Lipinski definition) is 1. The molecule has 5 rings (SSSR count).